The van der Waals surface area contributed by atoms with Crippen molar-refractivity contribution in [3.8, 4) is 0 Å². The predicted octanol–water partition coefficient (Wildman–Crippen LogP) is 0.449. The monoisotopic (exact) mass is 186 g/mol. The van der Waals surface area contributed by atoms with Crippen LogP contribution >= 0.6 is 0 Å². The minimum atomic E-state index is -1.29. The maximum atomic E-state index is 9.81. The molecule has 0 bridgehead atoms. The summed E-state index contributed by atoms with van der Waals surface area (Å²) in [4.78, 5) is 0. The van der Waals surface area contributed by atoms with Gasteiger partial charge in [-0.25, -0.2) is 0 Å². The highest BCUT2D eigenvalue weighted by Crippen LogP contribution is 2.31. The molecule has 1 atom stereocenters. The van der Waals surface area contributed by atoms with Gasteiger partial charge in [0.05, 0.1) is 13.2 Å². The van der Waals surface area contributed by atoms with Crippen LogP contribution in [0.2, 0.25) is 0 Å². The molecule has 0 radical (unpaired) electrons. The number of aliphatic hydroxyl groups is 3. The second kappa shape index (κ2) is 4.22. The number of rotatable bonds is 3. The summed E-state index contributed by atoms with van der Waals surface area (Å²) in [5.74, 6) is -0.00815. The highest BCUT2D eigenvalue weighted by Gasteiger charge is 2.35. The summed E-state index contributed by atoms with van der Waals surface area (Å²) < 4.78 is 0. The molecule has 0 spiro atoms. The Kier molecular flexibility index (Phi) is 3.47. The summed E-state index contributed by atoms with van der Waals surface area (Å²) in [5.41, 5.74) is 0.0338. The van der Waals surface area contributed by atoms with Crippen LogP contribution in [-0.2, 0) is 0 Å². The van der Waals surface area contributed by atoms with Crippen molar-refractivity contribution in [1.29, 1.82) is 0 Å². The molecule has 1 rings (SSSR count). The predicted molar refractivity (Wildman–Crippen MR) is 50.2 cm³/mol. The Balaban J connectivity index is 2.62. The molecule has 0 fully saturated rings. The second-order valence-corrected chi connectivity index (χ2v) is 3.94. The Morgan fingerprint density at radius 2 is 2.08 bits per heavy atom. The zero-order valence-corrected chi connectivity index (χ0v) is 8.03. The molecule has 0 heterocycles. The molecule has 1 unspecified atom stereocenters. The van der Waals surface area contributed by atoms with E-state index in [4.69, 9.17) is 10.2 Å². The molecule has 3 N–H and O–H groups in total. The lowest BCUT2D eigenvalue weighted by Gasteiger charge is -2.34. The first-order valence-electron chi connectivity index (χ1n) is 4.72. The average molecular weight is 186 g/mol. The summed E-state index contributed by atoms with van der Waals surface area (Å²) in [6.07, 6.45) is 4.63. The molecular formula is C10H18O3. The molecule has 0 aromatic carbocycles. The summed E-state index contributed by atoms with van der Waals surface area (Å²) in [7, 11) is 0. The minimum absolute atomic E-state index is 0.00815. The van der Waals surface area contributed by atoms with Crippen LogP contribution in [0.1, 0.15) is 26.2 Å². The first kappa shape index (κ1) is 10.7. The van der Waals surface area contributed by atoms with Crippen molar-refractivity contribution in [3.05, 3.63) is 11.6 Å². The first-order valence-corrected chi connectivity index (χ1v) is 4.72. The van der Waals surface area contributed by atoms with Gasteiger partial charge in [-0.15, -0.1) is 0 Å². The fraction of sp³-hybridized carbons (Fsp3) is 0.800. The van der Waals surface area contributed by atoms with Crippen molar-refractivity contribution in [2.75, 3.05) is 13.2 Å². The van der Waals surface area contributed by atoms with E-state index in [1.54, 1.807) is 0 Å². The molecule has 0 aromatic rings. The van der Waals surface area contributed by atoms with Gasteiger partial charge < -0.3 is 15.3 Å². The van der Waals surface area contributed by atoms with Gasteiger partial charge >= 0.3 is 0 Å². The maximum Gasteiger partial charge on any atom is 0.114 e. The summed E-state index contributed by atoms with van der Waals surface area (Å²) in [5, 5.41) is 27.8. The van der Waals surface area contributed by atoms with Crippen LogP contribution in [-0.4, -0.2) is 34.1 Å². The summed E-state index contributed by atoms with van der Waals surface area (Å²) in [6.45, 7) is 1.34. The third-order valence-corrected chi connectivity index (χ3v) is 2.95. The van der Waals surface area contributed by atoms with Gasteiger partial charge in [-0.1, -0.05) is 11.6 Å². The molecule has 1 aliphatic rings. The van der Waals surface area contributed by atoms with Crippen LogP contribution in [0, 0.1) is 5.92 Å². The highest BCUT2D eigenvalue weighted by atomic mass is 16.4. The third kappa shape index (κ3) is 2.30. The third-order valence-electron chi connectivity index (χ3n) is 2.95. The van der Waals surface area contributed by atoms with Crippen LogP contribution in [0.4, 0.5) is 0 Å². The Morgan fingerprint density at radius 3 is 2.46 bits per heavy atom. The fourth-order valence-electron chi connectivity index (χ4n) is 1.76. The number of allylic oxidation sites excluding steroid dienone is 2. The number of hydrogen-bond donors (Lipinski definition) is 3. The minimum Gasteiger partial charge on any atom is -0.393 e. The van der Waals surface area contributed by atoms with Crippen LogP contribution in [0.5, 0.6) is 0 Å². The zero-order valence-electron chi connectivity index (χ0n) is 8.03. The Bertz CT molecular complexity index is 194. The van der Waals surface area contributed by atoms with Crippen molar-refractivity contribution < 1.29 is 15.3 Å². The van der Waals surface area contributed by atoms with E-state index in [0.29, 0.717) is 0 Å². The van der Waals surface area contributed by atoms with Gasteiger partial charge in [-0.05, 0) is 32.1 Å². The molecule has 1 aliphatic carbocycles. The van der Waals surface area contributed by atoms with Gasteiger partial charge in [-0.2, -0.15) is 0 Å². The van der Waals surface area contributed by atoms with Crippen LogP contribution in [0.15, 0.2) is 11.6 Å². The standard InChI is InChI=1S/C10H18O3/c1-8-2-4-9(5-3-8)10(13,6-11)7-12/h2,9,11-13H,3-7H2,1H3. The molecule has 3 nitrogen and oxygen atoms in total. The van der Waals surface area contributed by atoms with Crippen LogP contribution in [0.25, 0.3) is 0 Å². The van der Waals surface area contributed by atoms with E-state index in [1.165, 1.54) is 5.57 Å². The van der Waals surface area contributed by atoms with Gasteiger partial charge in [0.1, 0.15) is 5.60 Å². The van der Waals surface area contributed by atoms with Crippen molar-refractivity contribution in [1.82, 2.24) is 0 Å². The first-order chi connectivity index (χ1) is 6.12. The van der Waals surface area contributed by atoms with Crippen molar-refractivity contribution in [3.63, 3.8) is 0 Å². The van der Waals surface area contributed by atoms with Gasteiger partial charge in [0.15, 0.2) is 0 Å². The Labute approximate surface area is 78.7 Å². The van der Waals surface area contributed by atoms with Crippen LogP contribution < -0.4 is 0 Å². The molecule has 13 heavy (non-hydrogen) atoms. The van der Waals surface area contributed by atoms with Gasteiger partial charge in [0, 0.05) is 0 Å². The number of aliphatic hydroxyl groups excluding tert-OH is 2. The van der Waals surface area contributed by atoms with Crippen molar-refractivity contribution in [2.45, 2.75) is 31.8 Å². The lowest BCUT2D eigenvalue weighted by molar-refractivity contribution is -0.0980. The van der Waals surface area contributed by atoms with E-state index >= 15 is 0 Å². The molecule has 0 aromatic heterocycles. The van der Waals surface area contributed by atoms with E-state index < -0.39 is 5.60 Å². The summed E-state index contributed by atoms with van der Waals surface area (Å²) in [6, 6.07) is 0. The van der Waals surface area contributed by atoms with E-state index in [9.17, 15) is 5.11 Å². The van der Waals surface area contributed by atoms with Crippen molar-refractivity contribution in [2.24, 2.45) is 5.92 Å². The SMILES string of the molecule is CC1=CCC(C(O)(CO)CO)CC1. The van der Waals surface area contributed by atoms with Crippen molar-refractivity contribution >= 4 is 0 Å². The number of hydrogen-bond acceptors (Lipinski definition) is 3. The highest BCUT2D eigenvalue weighted by molar-refractivity contribution is 5.06. The van der Waals surface area contributed by atoms with Gasteiger partial charge in [0.2, 0.25) is 0 Å². The van der Waals surface area contributed by atoms with E-state index in [-0.39, 0.29) is 19.1 Å². The smallest absolute Gasteiger partial charge is 0.114 e. The second-order valence-electron chi connectivity index (χ2n) is 3.94. The molecule has 0 saturated heterocycles. The van der Waals surface area contributed by atoms with E-state index in [0.717, 1.165) is 19.3 Å². The van der Waals surface area contributed by atoms with Crippen LogP contribution in [0.3, 0.4) is 0 Å². The topological polar surface area (TPSA) is 60.7 Å². The molecule has 76 valence electrons. The van der Waals surface area contributed by atoms with Gasteiger partial charge in [0.25, 0.3) is 0 Å². The lowest BCUT2D eigenvalue weighted by Crippen LogP contribution is -2.45. The molecule has 3 heteroatoms. The Morgan fingerprint density at radius 1 is 1.46 bits per heavy atom. The fourth-order valence-corrected chi connectivity index (χ4v) is 1.76. The average Bonchev–Trinajstić information content (AvgIpc) is 2.18. The maximum absolute atomic E-state index is 9.81. The van der Waals surface area contributed by atoms with Gasteiger partial charge in [-0.3, -0.25) is 0 Å². The van der Waals surface area contributed by atoms with E-state index in [1.807, 2.05) is 0 Å². The normalized spacial score (nSPS) is 24.3. The Hall–Kier alpha value is -0.380. The largest absolute Gasteiger partial charge is 0.393 e. The molecule has 0 amide bonds. The lowest BCUT2D eigenvalue weighted by atomic mass is 9.78. The molecule has 0 aliphatic heterocycles. The zero-order chi connectivity index (χ0) is 9.90. The molecular weight excluding hydrogens is 168 g/mol. The van der Waals surface area contributed by atoms with E-state index in [2.05, 4.69) is 13.0 Å². The quantitative estimate of drug-likeness (QED) is 0.561. The summed E-state index contributed by atoms with van der Waals surface area (Å²) >= 11 is 0. The molecule has 0 saturated carbocycles.